The number of hydrogen-bond donors (Lipinski definition) is 0. The lowest BCUT2D eigenvalue weighted by molar-refractivity contribution is 0.00228. The van der Waals surface area contributed by atoms with E-state index in [-0.39, 0.29) is 18.2 Å². The Balaban J connectivity index is 1.79. The minimum atomic E-state index is -0.448. The van der Waals surface area contributed by atoms with Gasteiger partial charge >= 0.3 is 6.09 Å². The first-order valence-corrected chi connectivity index (χ1v) is 9.84. The predicted molar refractivity (Wildman–Crippen MR) is 102 cm³/mol. The molecule has 6 heteroatoms. The van der Waals surface area contributed by atoms with Crippen LogP contribution in [0.25, 0.3) is 6.08 Å². The largest absolute Gasteiger partial charge is 0.444 e. The van der Waals surface area contributed by atoms with Crippen LogP contribution in [0.3, 0.4) is 0 Å². The number of aromatic nitrogens is 2. The van der Waals surface area contributed by atoms with Gasteiger partial charge in [0.2, 0.25) is 0 Å². The maximum atomic E-state index is 12.6. The molecule has 138 valence electrons. The number of nitrogens with zero attached hydrogens (tertiary/aromatic N) is 3. The summed E-state index contributed by atoms with van der Waals surface area (Å²) in [5, 5.41) is 4.67. The van der Waals surface area contributed by atoms with E-state index in [1.165, 1.54) is 5.57 Å². The number of carbonyl (C=O) groups is 1. The zero-order valence-electron chi connectivity index (χ0n) is 15.8. The monoisotopic (exact) mass is 409 g/mol. The number of amides is 1. The van der Waals surface area contributed by atoms with Crippen LogP contribution in [-0.4, -0.2) is 38.5 Å². The van der Waals surface area contributed by atoms with Crippen LogP contribution in [0.5, 0.6) is 0 Å². The Morgan fingerprint density at radius 2 is 1.84 bits per heavy atom. The van der Waals surface area contributed by atoms with E-state index in [4.69, 9.17) is 4.74 Å². The average molecular weight is 410 g/mol. The fourth-order valence-corrected chi connectivity index (χ4v) is 4.44. The van der Waals surface area contributed by atoms with Gasteiger partial charge in [-0.05, 0) is 88.4 Å². The van der Waals surface area contributed by atoms with Crippen LogP contribution in [0, 0.1) is 0 Å². The minimum Gasteiger partial charge on any atom is -0.444 e. The second-order valence-electron chi connectivity index (χ2n) is 8.46. The second-order valence-corrected chi connectivity index (χ2v) is 9.27. The third-order valence-electron chi connectivity index (χ3n) is 4.83. The maximum Gasteiger partial charge on any atom is 0.410 e. The van der Waals surface area contributed by atoms with E-state index in [2.05, 4.69) is 51.7 Å². The number of carbonyl (C=O) groups excluding carboxylic acids is 1. The standard InChI is InChI=1S/C19H28BrN3O2/c1-12(2)8-15-11-17(20)21-23(15)16-9-13-6-7-14(10-16)22(13)18(24)25-19(3,4)5/h8,11,13-14,16H,6-7,9-10H2,1-5H3/t13-,14+,16?. The van der Waals surface area contributed by atoms with Crippen molar-refractivity contribution in [2.75, 3.05) is 0 Å². The van der Waals surface area contributed by atoms with Gasteiger partial charge in [-0.15, -0.1) is 0 Å². The molecule has 3 heterocycles. The lowest BCUT2D eigenvalue weighted by Crippen LogP contribution is -2.49. The highest BCUT2D eigenvalue weighted by Crippen LogP contribution is 2.42. The molecule has 0 radical (unpaired) electrons. The molecule has 1 unspecified atom stereocenters. The Labute approximate surface area is 158 Å². The number of hydrogen-bond acceptors (Lipinski definition) is 3. The molecule has 0 spiro atoms. The molecular weight excluding hydrogens is 382 g/mol. The topological polar surface area (TPSA) is 47.4 Å². The van der Waals surface area contributed by atoms with Gasteiger partial charge in [0.25, 0.3) is 0 Å². The molecule has 2 fully saturated rings. The fraction of sp³-hybridized carbons (Fsp3) is 0.684. The molecule has 2 saturated heterocycles. The van der Waals surface area contributed by atoms with Crippen molar-refractivity contribution in [2.24, 2.45) is 0 Å². The molecule has 0 saturated carbocycles. The van der Waals surface area contributed by atoms with Crippen molar-refractivity contribution in [3.8, 4) is 0 Å². The summed E-state index contributed by atoms with van der Waals surface area (Å²) in [5.74, 6) is 0. The number of halogens is 1. The minimum absolute atomic E-state index is 0.162. The summed E-state index contributed by atoms with van der Waals surface area (Å²) in [5.41, 5.74) is 1.93. The van der Waals surface area contributed by atoms with Crippen molar-refractivity contribution in [1.29, 1.82) is 0 Å². The molecule has 0 aromatic carbocycles. The smallest absolute Gasteiger partial charge is 0.410 e. The maximum absolute atomic E-state index is 12.6. The van der Waals surface area contributed by atoms with E-state index < -0.39 is 5.60 Å². The molecule has 5 nitrogen and oxygen atoms in total. The van der Waals surface area contributed by atoms with Gasteiger partial charge in [-0.3, -0.25) is 4.68 Å². The molecular formula is C19H28BrN3O2. The summed E-state index contributed by atoms with van der Waals surface area (Å²) in [6.07, 6.45) is 5.99. The first kappa shape index (κ1) is 18.5. The molecule has 2 bridgehead atoms. The molecule has 0 N–H and O–H groups in total. The number of rotatable bonds is 2. The molecule has 1 amide bonds. The second kappa shape index (κ2) is 6.78. The van der Waals surface area contributed by atoms with Crippen LogP contribution < -0.4 is 0 Å². The Morgan fingerprint density at radius 3 is 2.36 bits per heavy atom. The molecule has 2 aliphatic rings. The average Bonchev–Trinajstić information content (AvgIpc) is 2.94. The molecule has 3 rings (SSSR count). The van der Waals surface area contributed by atoms with Gasteiger partial charge in [-0.2, -0.15) is 5.10 Å². The first-order valence-electron chi connectivity index (χ1n) is 9.05. The Hall–Kier alpha value is -1.30. The van der Waals surface area contributed by atoms with E-state index >= 15 is 0 Å². The van der Waals surface area contributed by atoms with Crippen molar-refractivity contribution in [1.82, 2.24) is 14.7 Å². The summed E-state index contributed by atoms with van der Waals surface area (Å²) < 4.78 is 8.62. The van der Waals surface area contributed by atoms with Crippen LogP contribution in [-0.2, 0) is 4.74 Å². The molecule has 25 heavy (non-hydrogen) atoms. The SMILES string of the molecule is CC(C)=Cc1cc(Br)nn1C1C[C@H]2CC[C@@H](C1)N2C(=O)OC(C)(C)C. The number of fused-ring (bicyclic) bond motifs is 2. The Bertz CT molecular complexity index is 671. The van der Waals surface area contributed by atoms with Crippen molar-refractivity contribution in [3.05, 3.63) is 21.9 Å². The van der Waals surface area contributed by atoms with Crippen molar-refractivity contribution >= 4 is 28.1 Å². The van der Waals surface area contributed by atoms with Gasteiger partial charge < -0.3 is 9.64 Å². The number of piperidine rings is 1. The van der Waals surface area contributed by atoms with E-state index in [0.717, 1.165) is 36.0 Å². The van der Waals surface area contributed by atoms with Gasteiger partial charge in [-0.1, -0.05) is 5.57 Å². The predicted octanol–water partition coefficient (Wildman–Crippen LogP) is 5.17. The van der Waals surface area contributed by atoms with Gasteiger partial charge in [-0.25, -0.2) is 4.79 Å². The molecule has 0 aliphatic carbocycles. The van der Waals surface area contributed by atoms with Gasteiger partial charge in [0.1, 0.15) is 10.2 Å². The fourth-order valence-electron chi connectivity index (χ4n) is 4.03. The highest BCUT2D eigenvalue weighted by Gasteiger charge is 2.45. The Morgan fingerprint density at radius 1 is 1.24 bits per heavy atom. The summed E-state index contributed by atoms with van der Waals surface area (Å²) in [6, 6.07) is 2.89. The molecule has 1 aromatic heterocycles. The zero-order valence-corrected chi connectivity index (χ0v) is 17.3. The highest BCUT2D eigenvalue weighted by atomic mass is 79.9. The van der Waals surface area contributed by atoms with Crippen LogP contribution >= 0.6 is 15.9 Å². The highest BCUT2D eigenvalue weighted by molar-refractivity contribution is 9.10. The van der Waals surface area contributed by atoms with E-state index in [9.17, 15) is 4.79 Å². The Kier molecular flexibility index (Phi) is 5.02. The van der Waals surface area contributed by atoms with Crippen molar-refractivity contribution in [2.45, 2.75) is 84.0 Å². The number of ether oxygens (including phenoxy) is 1. The van der Waals surface area contributed by atoms with Crippen LogP contribution in [0.4, 0.5) is 4.79 Å². The lowest BCUT2D eigenvalue weighted by atomic mass is 9.97. The summed E-state index contributed by atoms with van der Waals surface area (Å²) in [7, 11) is 0. The third-order valence-corrected chi connectivity index (χ3v) is 5.22. The van der Waals surface area contributed by atoms with E-state index in [1.807, 2.05) is 25.7 Å². The van der Waals surface area contributed by atoms with E-state index in [0.29, 0.717) is 6.04 Å². The summed E-state index contributed by atoms with van der Waals surface area (Å²) >= 11 is 3.51. The van der Waals surface area contributed by atoms with Crippen LogP contribution in [0.2, 0.25) is 0 Å². The van der Waals surface area contributed by atoms with Crippen molar-refractivity contribution < 1.29 is 9.53 Å². The normalized spacial score (nSPS) is 25.8. The third kappa shape index (κ3) is 4.10. The van der Waals surface area contributed by atoms with Gasteiger partial charge in [0.05, 0.1) is 11.7 Å². The van der Waals surface area contributed by atoms with E-state index in [1.54, 1.807) is 0 Å². The molecule has 2 aliphatic heterocycles. The summed E-state index contributed by atoms with van der Waals surface area (Å²) in [6.45, 7) is 9.96. The molecule has 3 atom stereocenters. The number of allylic oxidation sites excluding steroid dienone is 1. The quantitative estimate of drug-likeness (QED) is 0.676. The first-order chi connectivity index (χ1) is 11.6. The summed E-state index contributed by atoms with van der Waals surface area (Å²) in [4.78, 5) is 14.6. The van der Waals surface area contributed by atoms with Gasteiger partial charge in [0, 0.05) is 12.1 Å². The molecule has 1 aromatic rings. The van der Waals surface area contributed by atoms with Crippen molar-refractivity contribution in [3.63, 3.8) is 0 Å². The van der Waals surface area contributed by atoms with Gasteiger partial charge in [0.15, 0.2) is 0 Å². The lowest BCUT2D eigenvalue weighted by Gasteiger charge is -2.39. The van der Waals surface area contributed by atoms with Crippen LogP contribution in [0.15, 0.2) is 16.2 Å². The zero-order chi connectivity index (χ0) is 18.4. The van der Waals surface area contributed by atoms with Crippen LogP contribution in [0.1, 0.15) is 72.0 Å².